The highest BCUT2D eigenvalue weighted by molar-refractivity contribution is 5.94. The molecule has 1 aromatic rings. The van der Waals surface area contributed by atoms with Gasteiger partial charge in [0, 0.05) is 12.1 Å². The van der Waals surface area contributed by atoms with Crippen LogP contribution in [0, 0.1) is 17.6 Å². The maximum Gasteiger partial charge on any atom is 0.245 e. The summed E-state index contributed by atoms with van der Waals surface area (Å²) in [5.41, 5.74) is 0.0707. The normalized spacial score (nSPS) is 19.1. The molecule has 1 saturated heterocycles. The van der Waals surface area contributed by atoms with Gasteiger partial charge in [-0.3, -0.25) is 9.59 Å². The highest BCUT2D eigenvalue weighted by atomic mass is 19.2. The highest BCUT2D eigenvalue weighted by Crippen LogP contribution is 2.17. The van der Waals surface area contributed by atoms with Gasteiger partial charge < -0.3 is 10.2 Å². The van der Waals surface area contributed by atoms with E-state index >= 15 is 0 Å². The highest BCUT2D eigenvalue weighted by Gasteiger charge is 2.33. The number of piperazine rings is 1. The van der Waals surface area contributed by atoms with Crippen LogP contribution in [0.5, 0.6) is 0 Å². The number of carbonyl (C=O) groups is 2. The van der Waals surface area contributed by atoms with Gasteiger partial charge in [-0.25, -0.2) is 8.78 Å². The third-order valence-corrected chi connectivity index (χ3v) is 3.38. The molecular formula is C15H18F2N2O2. The summed E-state index contributed by atoms with van der Waals surface area (Å²) >= 11 is 0. The second kappa shape index (κ2) is 6.20. The summed E-state index contributed by atoms with van der Waals surface area (Å²) in [7, 11) is 0. The largest absolute Gasteiger partial charge is 0.343 e. The van der Waals surface area contributed by atoms with Crippen LogP contribution in [0.3, 0.4) is 0 Å². The molecule has 4 nitrogen and oxygen atoms in total. The van der Waals surface area contributed by atoms with E-state index in [2.05, 4.69) is 5.32 Å². The quantitative estimate of drug-likeness (QED) is 0.921. The van der Waals surface area contributed by atoms with Crippen molar-refractivity contribution in [2.24, 2.45) is 5.92 Å². The maximum absolute atomic E-state index is 13.7. The summed E-state index contributed by atoms with van der Waals surface area (Å²) in [6, 6.07) is 3.22. The number of rotatable bonds is 4. The van der Waals surface area contributed by atoms with Gasteiger partial charge in [0.2, 0.25) is 11.8 Å². The molecule has 1 heterocycles. The summed E-state index contributed by atoms with van der Waals surface area (Å²) in [6.07, 6.45) is 0.521. The minimum Gasteiger partial charge on any atom is -0.343 e. The lowest BCUT2D eigenvalue weighted by atomic mass is 10.0. The predicted octanol–water partition coefficient (Wildman–Crippen LogP) is 1.84. The van der Waals surface area contributed by atoms with Crippen molar-refractivity contribution in [1.82, 2.24) is 10.2 Å². The molecule has 2 rings (SSSR count). The first-order valence-electron chi connectivity index (χ1n) is 6.89. The van der Waals surface area contributed by atoms with Gasteiger partial charge in [0.25, 0.3) is 0 Å². The fraction of sp³-hybridized carbons (Fsp3) is 0.467. The Bertz CT molecular complexity index is 561. The SMILES string of the molecule is CC(C)CC1NC(=O)CN(Cc2cccc(F)c2F)C1=O. The second-order valence-corrected chi connectivity index (χ2v) is 5.66. The lowest BCUT2D eigenvalue weighted by Gasteiger charge is -2.33. The summed E-state index contributed by atoms with van der Waals surface area (Å²) in [4.78, 5) is 25.2. The van der Waals surface area contributed by atoms with E-state index < -0.39 is 17.7 Å². The molecule has 2 amide bonds. The lowest BCUT2D eigenvalue weighted by Crippen LogP contribution is -2.57. The van der Waals surface area contributed by atoms with Crippen molar-refractivity contribution in [1.29, 1.82) is 0 Å². The number of hydrogen-bond donors (Lipinski definition) is 1. The van der Waals surface area contributed by atoms with Crippen LogP contribution in [0.15, 0.2) is 18.2 Å². The third kappa shape index (κ3) is 3.56. The number of hydrogen-bond acceptors (Lipinski definition) is 2. The van der Waals surface area contributed by atoms with E-state index in [0.29, 0.717) is 6.42 Å². The molecule has 1 aliphatic rings. The van der Waals surface area contributed by atoms with Crippen molar-refractivity contribution in [3.63, 3.8) is 0 Å². The number of halogens is 2. The number of nitrogens with one attached hydrogen (secondary N) is 1. The Morgan fingerprint density at radius 1 is 1.33 bits per heavy atom. The van der Waals surface area contributed by atoms with Gasteiger partial charge in [0.05, 0.1) is 6.54 Å². The summed E-state index contributed by atoms with van der Waals surface area (Å²) < 4.78 is 26.9. The minimum atomic E-state index is -0.975. The van der Waals surface area contributed by atoms with Crippen LogP contribution >= 0.6 is 0 Å². The molecule has 1 N–H and O–H groups in total. The topological polar surface area (TPSA) is 49.4 Å². The molecule has 1 unspecified atom stereocenters. The zero-order valence-electron chi connectivity index (χ0n) is 12.0. The molecular weight excluding hydrogens is 278 g/mol. The molecule has 1 aromatic carbocycles. The average Bonchev–Trinajstić information content (AvgIpc) is 2.39. The van der Waals surface area contributed by atoms with Crippen LogP contribution < -0.4 is 5.32 Å². The molecule has 1 aliphatic heterocycles. The van der Waals surface area contributed by atoms with Gasteiger partial charge in [-0.1, -0.05) is 26.0 Å². The van der Waals surface area contributed by atoms with Gasteiger partial charge in [0.15, 0.2) is 11.6 Å². The van der Waals surface area contributed by atoms with Crippen molar-refractivity contribution in [3.8, 4) is 0 Å². The van der Waals surface area contributed by atoms with E-state index in [1.807, 2.05) is 13.8 Å². The van der Waals surface area contributed by atoms with Crippen molar-refractivity contribution in [3.05, 3.63) is 35.4 Å². The van der Waals surface area contributed by atoms with Gasteiger partial charge in [-0.2, -0.15) is 0 Å². The average molecular weight is 296 g/mol. The maximum atomic E-state index is 13.7. The number of carbonyl (C=O) groups excluding carboxylic acids is 2. The van der Waals surface area contributed by atoms with Crippen molar-refractivity contribution in [2.75, 3.05) is 6.54 Å². The van der Waals surface area contributed by atoms with E-state index in [0.717, 1.165) is 6.07 Å². The van der Waals surface area contributed by atoms with E-state index in [4.69, 9.17) is 0 Å². The molecule has 1 atom stereocenters. The van der Waals surface area contributed by atoms with Crippen molar-refractivity contribution >= 4 is 11.8 Å². The Morgan fingerprint density at radius 2 is 2.05 bits per heavy atom. The number of benzene rings is 1. The van der Waals surface area contributed by atoms with Gasteiger partial charge in [0.1, 0.15) is 6.04 Å². The van der Waals surface area contributed by atoms with Gasteiger partial charge in [-0.05, 0) is 18.4 Å². The van der Waals surface area contributed by atoms with E-state index in [1.54, 1.807) is 0 Å². The minimum absolute atomic E-state index is 0.0707. The first-order valence-corrected chi connectivity index (χ1v) is 6.89. The number of nitrogens with zero attached hydrogens (tertiary/aromatic N) is 1. The summed E-state index contributed by atoms with van der Waals surface area (Å²) in [5, 5.41) is 2.64. The van der Waals surface area contributed by atoms with Crippen molar-refractivity contribution < 1.29 is 18.4 Å². The summed E-state index contributed by atoms with van der Waals surface area (Å²) in [5.74, 6) is -2.23. The van der Waals surface area contributed by atoms with Crippen LogP contribution in [0.4, 0.5) is 8.78 Å². The van der Waals surface area contributed by atoms with Gasteiger partial charge >= 0.3 is 0 Å². The molecule has 0 saturated carbocycles. The zero-order chi connectivity index (χ0) is 15.6. The smallest absolute Gasteiger partial charge is 0.245 e. The summed E-state index contributed by atoms with van der Waals surface area (Å²) in [6.45, 7) is 3.66. The molecule has 0 radical (unpaired) electrons. The third-order valence-electron chi connectivity index (χ3n) is 3.38. The Balaban J connectivity index is 2.16. The molecule has 6 heteroatoms. The monoisotopic (exact) mass is 296 g/mol. The molecule has 1 fully saturated rings. The first kappa shape index (κ1) is 15.4. The Kier molecular flexibility index (Phi) is 4.55. The van der Waals surface area contributed by atoms with Crippen LogP contribution in [-0.4, -0.2) is 29.3 Å². The Morgan fingerprint density at radius 3 is 2.71 bits per heavy atom. The second-order valence-electron chi connectivity index (χ2n) is 5.66. The molecule has 0 aromatic heterocycles. The van der Waals surface area contributed by atoms with E-state index in [1.165, 1.54) is 17.0 Å². The molecule has 0 spiro atoms. The lowest BCUT2D eigenvalue weighted by molar-refractivity contribution is -0.145. The fourth-order valence-corrected chi connectivity index (χ4v) is 2.41. The molecule has 21 heavy (non-hydrogen) atoms. The predicted molar refractivity (Wildman–Crippen MR) is 73.2 cm³/mol. The standard InChI is InChI=1S/C15H18F2N2O2/c1-9(2)6-12-15(21)19(8-13(20)18-12)7-10-4-3-5-11(16)14(10)17/h3-5,9,12H,6-8H2,1-2H3,(H,18,20). The van der Waals surface area contributed by atoms with Crippen LogP contribution in [-0.2, 0) is 16.1 Å². The van der Waals surface area contributed by atoms with E-state index in [9.17, 15) is 18.4 Å². The van der Waals surface area contributed by atoms with Crippen LogP contribution in [0.25, 0.3) is 0 Å². The number of amides is 2. The zero-order valence-corrected chi connectivity index (χ0v) is 12.0. The van der Waals surface area contributed by atoms with Crippen molar-refractivity contribution in [2.45, 2.75) is 32.9 Å². The molecule has 114 valence electrons. The molecule has 0 aliphatic carbocycles. The molecule has 0 bridgehead atoms. The Hall–Kier alpha value is -1.98. The Labute approximate surface area is 122 Å². The van der Waals surface area contributed by atoms with E-state index in [-0.39, 0.29) is 36.4 Å². The van der Waals surface area contributed by atoms with Crippen LogP contribution in [0.2, 0.25) is 0 Å². The fourth-order valence-electron chi connectivity index (χ4n) is 2.41. The van der Waals surface area contributed by atoms with Gasteiger partial charge in [-0.15, -0.1) is 0 Å². The van der Waals surface area contributed by atoms with Crippen LogP contribution in [0.1, 0.15) is 25.8 Å². The first-order chi connectivity index (χ1) is 9.88.